The largest absolute Gasteiger partial charge is 0.389 e. The summed E-state index contributed by atoms with van der Waals surface area (Å²) in [5.41, 5.74) is -0.177. The van der Waals surface area contributed by atoms with E-state index in [4.69, 9.17) is 11.6 Å². The molecule has 0 saturated carbocycles. The van der Waals surface area contributed by atoms with Gasteiger partial charge in [0.25, 0.3) is 5.91 Å². The van der Waals surface area contributed by atoms with Crippen molar-refractivity contribution >= 4 is 23.2 Å². The van der Waals surface area contributed by atoms with Gasteiger partial charge >= 0.3 is 0 Å². The minimum atomic E-state index is -1.14. The van der Waals surface area contributed by atoms with E-state index in [1.165, 1.54) is 18.2 Å². The van der Waals surface area contributed by atoms with Crippen molar-refractivity contribution in [3.63, 3.8) is 0 Å². The summed E-state index contributed by atoms with van der Waals surface area (Å²) >= 11 is 5.92. The van der Waals surface area contributed by atoms with Crippen molar-refractivity contribution < 1.29 is 23.8 Å². The molecular weight excluding hydrogens is 452 g/mol. The van der Waals surface area contributed by atoms with Crippen LogP contribution in [0.25, 0.3) is 0 Å². The Hall–Kier alpha value is -2.26. The Morgan fingerprint density at radius 2 is 1.91 bits per heavy atom. The fourth-order valence-electron chi connectivity index (χ4n) is 5.15. The fourth-order valence-corrected chi connectivity index (χ4v) is 5.33. The number of rotatable bonds is 3. The van der Waals surface area contributed by atoms with Crippen molar-refractivity contribution in [1.82, 2.24) is 9.80 Å². The van der Waals surface area contributed by atoms with Gasteiger partial charge in [-0.2, -0.15) is 0 Å². The maximum Gasteiger partial charge on any atom is 0.257 e. The lowest BCUT2D eigenvalue weighted by Gasteiger charge is -2.49. The number of halogens is 3. The predicted molar refractivity (Wildman–Crippen MR) is 120 cm³/mol. The number of aliphatic hydroxyl groups is 2. The first-order chi connectivity index (χ1) is 15.7. The number of aliphatic hydroxyl groups excluding tert-OH is 1. The van der Waals surface area contributed by atoms with Crippen molar-refractivity contribution in [2.24, 2.45) is 0 Å². The maximum atomic E-state index is 15.1. The van der Waals surface area contributed by atoms with Gasteiger partial charge in [0.15, 0.2) is 5.82 Å². The van der Waals surface area contributed by atoms with Crippen LogP contribution in [0.4, 0.5) is 14.5 Å². The summed E-state index contributed by atoms with van der Waals surface area (Å²) in [6.45, 7) is 2.50. The summed E-state index contributed by atoms with van der Waals surface area (Å²) in [4.78, 5) is 18.7. The van der Waals surface area contributed by atoms with Gasteiger partial charge < -0.3 is 20.0 Å². The molecule has 0 spiro atoms. The Morgan fingerprint density at radius 3 is 2.64 bits per heavy atom. The second-order valence-corrected chi connectivity index (χ2v) is 9.68. The van der Waals surface area contributed by atoms with Gasteiger partial charge in [0.2, 0.25) is 0 Å². The third-order valence-electron chi connectivity index (χ3n) is 7.12. The molecule has 2 atom stereocenters. The molecule has 0 aliphatic carbocycles. The maximum absolute atomic E-state index is 15.1. The Kier molecular flexibility index (Phi) is 5.81. The van der Waals surface area contributed by atoms with E-state index >= 15 is 4.39 Å². The van der Waals surface area contributed by atoms with Gasteiger partial charge in [-0.05, 0) is 42.7 Å². The van der Waals surface area contributed by atoms with E-state index in [9.17, 15) is 19.4 Å². The van der Waals surface area contributed by atoms with Crippen LogP contribution in [-0.4, -0.2) is 77.3 Å². The molecule has 3 saturated heterocycles. The monoisotopic (exact) mass is 477 g/mol. The molecule has 2 aromatic carbocycles. The summed E-state index contributed by atoms with van der Waals surface area (Å²) in [6, 6.07) is 9.15. The number of hydrogen-bond acceptors (Lipinski definition) is 5. The average Bonchev–Trinajstić information content (AvgIpc) is 2.78. The van der Waals surface area contributed by atoms with Crippen molar-refractivity contribution in [3.05, 3.63) is 64.2 Å². The number of hydrogen-bond donors (Lipinski definition) is 2. The number of carbonyl (C=O) groups excluding carboxylic acids is 1. The molecule has 33 heavy (non-hydrogen) atoms. The van der Waals surface area contributed by atoms with Gasteiger partial charge in [0, 0.05) is 45.3 Å². The quantitative estimate of drug-likeness (QED) is 0.711. The molecule has 5 rings (SSSR count). The van der Waals surface area contributed by atoms with Gasteiger partial charge in [0.05, 0.1) is 22.4 Å². The van der Waals surface area contributed by atoms with Crippen molar-refractivity contribution in [2.45, 2.75) is 30.6 Å². The van der Waals surface area contributed by atoms with Crippen LogP contribution < -0.4 is 4.90 Å². The third kappa shape index (κ3) is 4.10. The number of fused-ring (bicyclic) bond motifs is 1. The highest BCUT2D eigenvalue weighted by Crippen LogP contribution is 2.37. The molecule has 0 unspecified atom stereocenters. The molecule has 3 heterocycles. The number of piperidine rings is 1. The molecule has 9 heteroatoms. The topological polar surface area (TPSA) is 67.3 Å². The van der Waals surface area contributed by atoms with Gasteiger partial charge in [-0.25, -0.2) is 8.78 Å². The molecule has 0 aromatic heterocycles. The lowest BCUT2D eigenvalue weighted by atomic mass is 9.82. The van der Waals surface area contributed by atoms with Gasteiger partial charge in [-0.1, -0.05) is 23.7 Å². The molecule has 2 aromatic rings. The highest BCUT2D eigenvalue weighted by molar-refractivity contribution is 6.30. The zero-order valence-corrected chi connectivity index (χ0v) is 18.8. The minimum absolute atomic E-state index is 0.0181. The first-order valence-electron chi connectivity index (χ1n) is 11.2. The number of carbonyl (C=O) groups is 1. The fraction of sp³-hybridized carbons (Fsp3) is 0.458. The standard InChI is InChI=1S/C24H26ClF2N3O3/c25-19-10-15(4-5-20(19)26)24(33)7-6-16-11-28(8-9-29(16)14-24)23(32)18-2-1-3-21(22(18)27)30-12-17(31)13-30/h1-5,10,16-17,31,33H,6-9,11-14H2/t16-,24-/m1/s1. The van der Waals surface area contributed by atoms with Gasteiger partial charge in [-0.3, -0.25) is 9.69 Å². The third-order valence-corrected chi connectivity index (χ3v) is 7.41. The summed E-state index contributed by atoms with van der Waals surface area (Å²) < 4.78 is 28.7. The second kappa shape index (κ2) is 8.51. The van der Waals surface area contributed by atoms with Gasteiger partial charge in [0.1, 0.15) is 11.4 Å². The van der Waals surface area contributed by atoms with Crippen LogP contribution in [0.3, 0.4) is 0 Å². The highest BCUT2D eigenvalue weighted by Gasteiger charge is 2.42. The lowest BCUT2D eigenvalue weighted by Crippen LogP contribution is -2.60. The Bertz CT molecular complexity index is 1080. The van der Waals surface area contributed by atoms with E-state index in [1.54, 1.807) is 28.0 Å². The summed E-state index contributed by atoms with van der Waals surface area (Å²) in [5, 5.41) is 20.7. The lowest BCUT2D eigenvalue weighted by molar-refractivity contribution is -0.0740. The zero-order valence-electron chi connectivity index (χ0n) is 18.1. The van der Waals surface area contributed by atoms with Crippen LogP contribution >= 0.6 is 11.6 Å². The van der Waals surface area contributed by atoms with E-state index in [-0.39, 0.29) is 22.5 Å². The van der Waals surface area contributed by atoms with E-state index in [0.717, 1.165) is 0 Å². The average molecular weight is 478 g/mol. The summed E-state index contributed by atoms with van der Waals surface area (Å²) in [5.74, 6) is -1.42. The van der Waals surface area contributed by atoms with Crippen molar-refractivity contribution in [2.75, 3.05) is 44.2 Å². The number of anilines is 1. The zero-order chi connectivity index (χ0) is 23.3. The van der Waals surface area contributed by atoms with Gasteiger partial charge in [-0.15, -0.1) is 0 Å². The summed E-state index contributed by atoms with van der Waals surface area (Å²) in [7, 11) is 0. The molecule has 176 valence electrons. The highest BCUT2D eigenvalue weighted by atomic mass is 35.5. The van der Waals surface area contributed by atoms with E-state index in [0.29, 0.717) is 63.4 Å². The molecule has 3 aliphatic rings. The van der Waals surface area contributed by atoms with Crippen LogP contribution in [0.15, 0.2) is 36.4 Å². The van der Waals surface area contributed by atoms with Crippen LogP contribution in [0.2, 0.25) is 5.02 Å². The number of piperazine rings is 1. The molecule has 3 fully saturated rings. The molecule has 6 nitrogen and oxygen atoms in total. The second-order valence-electron chi connectivity index (χ2n) is 9.27. The van der Waals surface area contributed by atoms with E-state index in [1.807, 2.05) is 0 Å². The van der Waals surface area contributed by atoms with Crippen LogP contribution in [0, 0.1) is 11.6 Å². The Morgan fingerprint density at radius 1 is 1.12 bits per heavy atom. The van der Waals surface area contributed by atoms with E-state index in [2.05, 4.69) is 4.90 Å². The van der Waals surface area contributed by atoms with Crippen LogP contribution in [0.1, 0.15) is 28.8 Å². The Labute approximate surface area is 196 Å². The SMILES string of the molecule is O=C(c1cccc(N2CC(O)C2)c1F)N1CCN2C[C@@](O)(c3ccc(F)c(Cl)c3)CC[C@@H]2C1. The number of benzene rings is 2. The van der Waals surface area contributed by atoms with Crippen molar-refractivity contribution in [1.29, 1.82) is 0 Å². The first kappa shape index (κ1) is 22.5. The molecule has 2 N–H and O–H groups in total. The number of amides is 1. The molecule has 1 amide bonds. The molecule has 0 radical (unpaired) electrons. The van der Waals surface area contributed by atoms with E-state index < -0.39 is 23.3 Å². The smallest absolute Gasteiger partial charge is 0.257 e. The van der Waals surface area contributed by atoms with Crippen LogP contribution in [-0.2, 0) is 5.60 Å². The Balaban J connectivity index is 1.28. The normalized spacial score (nSPS) is 26.2. The van der Waals surface area contributed by atoms with Crippen LogP contribution in [0.5, 0.6) is 0 Å². The molecular formula is C24H26ClF2N3O3. The number of β-amino-alcohol motifs (C(OH)–C–C–N with tert-alkyl or cyclic N) is 1. The minimum Gasteiger partial charge on any atom is -0.389 e. The predicted octanol–water partition coefficient (Wildman–Crippen LogP) is 2.61. The van der Waals surface area contributed by atoms with Crippen molar-refractivity contribution in [3.8, 4) is 0 Å². The summed E-state index contributed by atoms with van der Waals surface area (Å²) in [6.07, 6.45) is 0.635. The first-order valence-corrected chi connectivity index (χ1v) is 11.6. The molecule has 0 bridgehead atoms. The number of nitrogens with zero attached hydrogens (tertiary/aromatic N) is 3. The molecule has 3 aliphatic heterocycles.